The van der Waals surface area contributed by atoms with E-state index in [0.29, 0.717) is 0 Å². The minimum Gasteiger partial charge on any atom is -0.310 e. The van der Waals surface area contributed by atoms with Gasteiger partial charge in [0.05, 0.1) is 10.9 Å². The molecule has 14 heavy (non-hydrogen) atoms. The second-order valence-electron chi connectivity index (χ2n) is 3.16. The minimum absolute atomic E-state index is 0.0144. The van der Waals surface area contributed by atoms with Crippen LogP contribution in [0.2, 0.25) is 0 Å². The number of nitrogens with zero attached hydrogens (tertiary/aromatic N) is 2. The van der Waals surface area contributed by atoms with Gasteiger partial charge in [-0.25, -0.2) is 0 Å². The van der Waals surface area contributed by atoms with Crippen molar-refractivity contribution in [3.63, 3.8) is 0 Å². The normalized spacial score (nSPS) is 12.6. The number of aryl methyl sites for hydroxylation is 2. The summed E-state index contributed by atoms with van der Waals surface area (Å²) in [5, 5.41) is 6.93. The van der Waals surface area contributed by atoms with Crippen molar-refractivity contribution in [3.8, 4) is 0 Å². The smallest absolute Gasteiger partial charge is 0.238 e. The number of anilines is 1. The highest BCUT2D eigenvalue weighted by atomic mass is 32.2. The fraction of sp³-hybridized carbons (Fsp3) is 0.556. The van der Waals surface area contributed by atoms with Gasteiger partial charge in [-0.2, -0.15) is 16.9 Å². The summed E-state index contributed by atoms with van der Waals surface area (Å²) in [6, 6.07) is 1.85. The molecule has 0 fully saturated rings. The Morgan fingerprint density at radius 2 is 2.36 bits per heavy atom. The van der Waals surface area contributed by atoms with Gasteiger partial charge in [0.2, 0.25) is 5.91 Å². The van der Waals surface area contributed by atoms with Crippen molar-refractivity contribution in [3.05, 3.63) is 11.8 Å². The van der Waals surface area contributed by atoms with Crippen LogP contribution in [0.5, 0.6) is 0 Å². The van der Waals surface area contributed by atoms with Gasteiger partial charge in [0.15, 0.2) is 0 Å². The van der Waals surface area contributed by atoms with Gasteiger partial charge in [-0.1, -0.05) is 0 Å². The summed E-state index contributed by atoms with van der Waals surface area (Å²) in [6.45, 7) is 3.77. The fourth-order valence-corrected chi connectivity index (χ4v) is 1.34. The molecule has 0 aliphatic carbocycles. The van der Waals surface area contributed by atoms with Crippen molar-refractivity contribution in [2.24, 2.45) is 7.05 Å². The van der Waals surface area contributed by atoms with Crippen LogP contribution in [0.1, 0.15) is 12.6 Å². The molecule has 1 aromatic heterocycles. The van der Waals surface area contributed by atoms with E-state index in [0.717, 1.165) is 11.5 Å². The van der Waals surface area contributed by atoms with Crippen LogP contribution in [-0.4, -0.2) is 27.2 Å². The SMILES string of the molecule is CS[C@H](C)C(=O)Nc1cc(C)nn1C. The number of thioether (sulfide) groups is 1. The van der Waals surface area contributed by atoms with Crippen molar-refractivity contribution < 1.29 is 4.79 Å². The van der Waals surface area contributed by atoms with Gasteiger partial charge in [0.1, 0.15) is 5.82 Å². The number of carbonyl (C=O) groups is 1. The molecule has 4 nitrogen and oxygen atoms in total. The summed E-state index contributed by atoms with van der Waals surface area (Å²) >= 11 is 1.52. The molecule has 1 N–H and O–H groups in total. The highest BCUT2D eigenvalue weighted by Crippen LogP contribution is 2.11. The van der Waals surface area contributed by atoms with E-state index in [4.69, 9.17) is 0 Å². The van der Waals surface area contributed by atoms with Crippen molar-refractivity contribution in [1.82, 2.24) is 9.78 Å². The Morgan fingerprint density at radius 1 is 1.71 bits per heavy atom. The maximum absolute atomic E-state index is 11.5. The molecule has 1 heterocycles. The Labute approximate surface area is 88.1 Å². The molecular formula is C9H15N3OS. The van der Waals surface area contributed by atoms with E-state index >= 15 is 0 Å². The summed E-state index contributed by atoms with van der Waals surface area (Å²) in [4.78, 5) is 11.5. The Morgan fingerprint density at radius 3 is 2.79 bits per heavy atom. The second-order valence-corrected chi connectivity index (χ2v) is 4.34. The molecule has 0 aliphatic heterocycles. The first-order valence-electron chi connectivity index (χ1n) is 4.39. The maximum Gasteiger partial charge on any atom is 0.238 e. The molecule has 0 spiro atoms. The number of hydrogen-bond donors (Lipinski definition) is 1. The van der Waals surface area contributed by atoms with Gasteiger partial charge in [0, 0.05) is 13.1 Å². The molecule has 78 valence electrons. The van der Waals surface area contributed by atoms with Crippen LogP contribution in [0.3, 0.4) is 0 Å². The summed E-state index contributed by atoms with van der Waals surface area (Å²) < 4.78 is 1.67. The first-order valence-corrected chi connectivity index (χ1v) is 5.67. The van der Waals surface area contributed by atoms with Crippen molar-refractivity contribution in [1.29, 1.82) is 0 Å². The Bertz CT molecular complexity index is 335. The molecule has 1 amide bonds. The number of carbonyl (C=O) groups excluding carboxylic acids is 1. The average Bonchev–Trinajstić information content (AvgIpc) is 2.44. The van der Waals surface area contributed by atoms with Crippen molar-refractivity contribution in [2.45, 2.75) is 19.1 Å². The predicted molar refractivity (Wildman–Crippen MR) is 59.6 cm³/mol. The largest absolute Gasteiger partial charge is 0.310 e. The number of nitrogens with one attached hydrogen (secondary N) is 1. The third-order valence-corrected chi connectivity index (χ3v) is 2.90. The van der Waals surface area contributed by atoms with E-state index in [2.05, 4.69) is 10.4 Å². The number of rotatable bonds is 3. The summed E-state index contributed by atoms with van der Waals surface area (Å²) in [7, 11) is 1.81. The molecular weight excluding hydrogens is 198 g/mol. The zero-order valence-electron chi connectivity index (χ0n) is 8.87. The average molecular weight is 213 g/mol. The second kappa shape index (κ2) is 4.50. The van der Waals surface area contributed by atoms with Gasteiger partial charge in [-0.05, 0) is 20.1 Å². The van der Waals surface area contributed by atoms with Crippen LogP contribution in [0.25, 0.3) is 0 Å². The quantitative estimate of drug-likeness (QED) is 0.826. The molecule has 1 aromatic rings. The molecule has 0 aliphatic rings. The molecule has 0 saturated heterocycles. The summed E-state index contributed by atoms with van der Waals surface area (Å²) in [6.07, 6.45) is 1.92. The lowest BCUT2D eigenvalue weighted by Crippen LogP contribution is -2.23. The highest BCUT2D eigenvalue weighted by molar-refractivity contribution is 7.99. The molecule has 1 atom stereocenters. The minimum atomic E-state index is -0.0368. The molecule has 0 bridgehead atoms. The van der Waals surface area contributed by atoms with Crippen LogP contribution in [0, 0.1) is 6.92 Å². The van der Waals surface area contributed by atoms with Crippen LogP contribution in [0.15, 0.2) is 6.07 Å². The first kappa shape index (κ1) is 11.1. The molecule has 0 unspecified atom stereocenters. The highest BCUT2D eigenvalue weighted by Gasteiger charge is 2.13. The van der Waals surface area contributed by atoms with E-state index in [-0.39, 0.29) is 11.2 Å². The Kier molecular flexibility index (Phi) is 3.57. The van der Waals surface area contributed by atoms with Crippen molar-refractivity contribution in [2.75, 3.05) is 11.6 Å². The maximum atomic E-state index is 11.5. The molecule has 0 saturated carbocycles. The van der Waals surface area contributed by atoms with Gasteiger partial charge >= 0.3 is 0 Å². The zero-order chi connectivity index (χ0) is 10.7. The molecule has 0 radical (unpaired) electrons. The van der Waals surface area contributed by atoms with Gasteiger partial charge in [-0.15, -0.1) is 0 Å². The lowest BCUT2D eigenvalue weighted by Gasteiger charge is -2.08. The Hall–Kier alpha value is -0.970. The van der Waals surface area contributed by atoms with Crippen molar-refractivity contribution >= 4 is 23.5 Å². The summed E-state index contributed by atoms with van der Waals surface area (Å²) in [5.41, 5.74) is 0.902. The number of aromatic nitrogens is 2. The van der Waals surface area contributed by atoms with Crippen LogP contribution < -0.4 is 5.32 Å². The van der Waals surface area contributed by atoms with Crippen LogP contribution in [0.4, 0.5) is 5.82 Å². The topological polar surface area (TPSA) is 46.9 Å². The lowest BCUT2D eigenvalue weighted by atomic mass is 10.4. The molecule has 1 rings (SSSR count). The summed E-state index contributed by atoms with van der Waals surface area (Å²) in [5.74, 6) is 0.758. The van der Waals surface area contributed by atoms with E-state index in [9.17, 15) is 4.79 Å². The third-order valence-electron chi connectivity index (χ3n) is 1.98. The standard InChI is InChI=1S/C9H15N3OS/c1-6-5-8(12(3)11-6)10-9(13)7(2)14-4/h5,7H,1-4H3,(H,10,13)/t7-/m1/s1. The van der Waals surface area contributed by atoms with Crippen LogP contribution in [-0.2, 0) is 11.8 Å². The number of hydrogen-bond acceptors (Lipinski definition) is 3. The number of amides is 1. The Balaban J connectivity index is 2.69. The molecule has 5 heteroatoms. The van der Waals surface area contributed by atoms with E-state index in [1.54, 1.807) is 4.68 Å². The monoisotopic (exact) mass is 213 g/mol. The van der Waals surface area contributed by atoms with Gasteiger partial charge < -0.3 is 5.32 Å². The van der Waals surface area contributed by atoms with E-state index in [1.165, 1.54) is 11.8 Å². The van der Waals surface area contributed by atoms with Gasteiger partial charge in [0.25, 0.3) is 0 Å². The zero-order valence-corrected chi connectivity index (χ0v) is 9.68. The lowest BCUT2D eigenvalue weighted by molar-refractivity contribution is -0.115. The van der Waals surface area contributed by atoms with Gasteiger partial charge in [-0.3, -0.25) is 9.48 Å². The fourth-order valence-electron chi connectivity index (χ4n) is 1.06. The first-order chi connectivity index (χ1) is 6.54. The predicted octanol–water partition coefficient (Wildman–Crippen LogP) is 1.42. The molecule has 0 aromatic carbocycles. The van der Waals surface area contributed by atoms with E-state index < -0.39 is 0 Å². The third kappa shape index (κ3) is 2.51. The van der Waals surface area contributed by atoms with E-state index in [1.807, 2.05) is 33.2 Å². The van der Waals surface area contributed by atoms with Crippen LogP contribution >= 0.6 is 11.8 Å².